The van der Waals surface area contributed by atoms with Gasteiger partial charge < -0.3 is 21.7 Å². The first-order valence-corrected chi connectivity index (χ1v) is 13.4. The number of nitrogens with one attached hydrogen (secondary N) is 2. The fraction of sp³-hybridized carbons (Fsp3) is 0.333. The van der Waals surface area contributed by atoms with Crippen LogP contribution >= 0.6 is 0 Å². The molecule has 12 nitrogen and oxygen atoms in total. The van der Waals surface area contributed by atoms with Crippen LogP contribution in [0.3, 0.4) is 0 Å². The number of fused-ring (bicyclic) bond motifs is 2. The van der Waals surface area contributed by atoms with Gasteiger partial charge in [-0.1, -0.05) is 74.2 Å². The zero-order valence-electron chi connectivity index (χ0n) is 23.0. The van der Waals surface area contributed by atoms with E-state index in [4.69, 9.17) is 21.7 Å². The van der Waals surface area contributed by atoms with E-state index in [1.807, 2.05) is 0 Å². The number of carboxylic acid groups (broad SMARTS) is 2. The summed E-state index contributed by atoms with van der Waals surface area (Å²) in [5, 5.41) is 18.6. The molecule has 0 aliphatic heterocycles. The number of carboxylic acids is 2. The minimum atomic E-state index is -1.14. The maximum absolute atomic E-state index is 12.0. The molecule has 13 heteroatoms. The summed E-state index contributed by atoms with van der Waals surface area (Å²) in [6.45, 7) is 0.570. The summed E-state index contributed by atoms with van der Waals surface area (Å²) in [5.74, 6) is -2.28. The van der Waals surface area contributed by atoms with E-state index in [1.54, 1.807) is 48.5 Å². The SMILES string of the molecule is [Cu+2].[NH-]C(CCCCN=c1c(=O)c2ccccc2c1=O)C(=O)O.[NH-]C(CCCCN=c1c(=O)c2ccccc2c1=O)C(=O)O. The van der Waals surface area contributed by atoms with Gasteiger partial charge in [-0.05, 0) is 24.9 Å². The summed E-state index contributed by atoms with van der Waals surface area (Å²) in [6.07, 6.45) is 2.61. The van der Waals surface area contributed by atoms with Crippen LogP contribution in [0.15, 0.2) is 77.7 Å². The second-order valence-corrected chi connectivity index (χ2v) is 9.64. The van der Waals surface area contributed by atoms with Crippen LogP contribution in [-0.2, 0) is 26.7 Å². The molecule has 0 bridgehead atoms. The molecular formula is C30H30CuN4O8. The normalized spacial score (nSPS) is 12.1. The molecule has 0 saturated carbocycles. The summed E-state index contributed by atoms with van der Waals surface area (Å²) >= 11 is 0. The number of hydrogen-bond acceptors (Lipinski definition) is 8. The Bertz CT molecular complexity index is 1650. The minimum absolute atomic E-state index is 0. The Labute approximate surface area is 255 Å². The zero-order valence-corrected chi connectivity index (χ0v) is 23.9. The van der Waals surface area contributed by atoms with Crippen LogP contribution < -0.4 is 32.4 Å². The van der Waals surface area contributed by atoms with Crippen molar-refractivity contribution in [1.29, 1.82) is 0 Å². The summed E-state index contributed by atoms with van der Waals surface area (Å²) in [4.78, 5) is 77.1. The third kappa shape index (κ3) is 8.91. The van der Waals surface area contributed by atoms with Gasteiger partial charge in [-0.15, -0.1) is 0 Å². The van der Waals surface area contributed by atoms with E-state index in [-0.39, 0.29) is 75.4 Å². The number of hydrogen-bond donors (Lipinski definition) is 2. The van der Waals surface area contributed by atoms with E-state index in [2.05, 4.69) is 9.98 Å². The van der Waals surface area contributed by atoms with Gasteiger partial charge in [0.25, 0.3) is 11.9 Å². The molecule has 43 heavy (non-hydrogen) atoms. The summed E-state index contributed by atoms with van der Waals surface area (Å²) in [5.41, 5.74) is 13.1. The van der Waals surface area contributed by atoms with Gasteiger partial charge in [0.2, 0.25) is 21.7 Å². The zero-order chi connectivity index (χ0) is 30.8. The number of nitrogens with zero attached hydrogens (tertiary/aromatic N) is 2. The number of unbranched alkanes of at least 4 members (excludes halogenated alkanes) is 2. The molecule has 0 aliphatic rings. The molecule has 4 aromatic carbocycles. The van der Waals surface area contributed by atoms with E-state index in [9.17, 15) is 28.8 Å². The van der Waals surface area contributed by atoms with Gasteiger partial charge >= 0.3 is 17.1 Å². The van der Waals surface area contributed by atoms with Crippen molar-refractivity contribution in [3.63, 3.8) is 0 Å². The van der Waals surface area contributed by atoms with E-state index in [0.717, 1.165) is 0 Å². The predicted molar refractivity (Wildman–Crippen MR) is 158 cm³/mol. The van der Waals surface area contributed by atoms with Crippen molar-refractivity contribution in [2.45, 2.75) is 50.6 Å². The molecule has 0 heterocycles. The monoisotopic (exact) mass is 637 g/mol. The number of aliphatic carboxylic acids is 2. The van der Waals surface area contributed by atoms with Crippen molar-refractivity contribution >= 4 is 33.5 Å². The van der Waals surface area contributed by atoms with Crippen molar-refractivity contribution in [2.75, 3.05) is 13.1 Å². The molecule has 0 spiro atoms. The second-order valence-electron chi connectivity index (χ2n) is 9.64. The quantitative estimate of drug-likeness (QED) is 0.173. The molecular weight excluding hydrogens is 608 g/mol. The van der Waals surface area contributed by atoms with Gasteiger partial charge in [0, 0.05) is 34.6 Å². The molecule has 4 N–H and O–H groups in total. The summed E-state index contributed by atoms with van der Waals surface area (Å²) in [7, 11) is 0. The Morgan fingerprint density at radius 1 is 0.581 bits per heavy atom. The van der Waals surface area contributed by atoms with Gasteiger partial charge in [-0.2, -0.15) is 0 Å². The van der Waals surface area contributed by atoms with Crippen molar-refractivity contribution < 1.29 is 36.9 Å². The minimum Gasteiger partial charge on any atom is -0.665 e. The summed E-state index contributed by atoms with van der Waals surface area (Å²) < 4.78 is 0. The Morgan fingerprint density at radius 2 is 0.860 bits per heavy atom. The molecule has 4 aromatic rings. The maximum atomic E-state index is 12.0. The van der Waals surface area contributed by atoms with Crippen molar-refractivity contribution in [1.82, 2.24) is 0 Å². The fourth-order valence-electron chi connectivity index (χ4n) is 4.31. The molecule has 229 valence electrons. The van der Waals surface area contributed by atoms with Gasteiger partial charge in [0.15, 0.2) is 10.7 Å². The predicted octanol–water partition coefficient (Wildman–Crippen LogP) is 2.02. The Morgan fingerprint density at radius 3 is 1.12 bits per heavy atom. The van der Waals surface area contributed by atoms with Crippen LogP contribution in [0.1, 0.15) is 38.5 Å². The van der Waals surface area contributed by atoms with E-state index in [1.165, 1.54) is 0 Å². The van der Waals surface area contributed by atoms with Crippen LogP contribution in [-0.4, -0.2) is 47.3 Å². The molecule has 1 radical (unpaired) electrons. The third-order valence-electron chi connectivity index (χ3n) is 6.63. The fourth-order valence-corrected chi connectivity index (χ4v) is 4.31. The first-order valence-electron chi connectivity index (χ1n) is 13.4. The van der Waals surface area contributed by atoms with Crippen LogP contribution in [0.4, 0.5) is 0 Å². The smallest absolute Gasteiger partial charge is 0.665 e. The molecule has 4 rings (SSSR count). The van der Waals surface area contributed by atoms with Crippen LogP contribution in [0.5, 0.6) is 0 Å². The Kier molecular flexibility index (Phi) is 13.4. The van der Waals surface area contributed by atoms with Gasteiger partial charge in [-0.25, -0.2) is 0 Å². The van der Waals surface area contributed by atoms with Gasteiger partial charge in [0.1, 0.15) is 0 Å². The summed E-state index contributed by atoms with van der Waals surface area (Å²) in [6, 6.07) is 11.0. The van der Waals surface area contributed by atoms with Crippen molar-refractivity contribution in [3.8, 4) is 0 Å². The van der Waals surface area contributed by atoms with Crippen molar-refractivity contribution in [3.05, 3.63) is 112 Å². The van der Waals surface area contributed by atoms with E-state index < -0.39 is 24.0 Å². The van der Waals surface area contributed by atoms with Crippen LogP contribution in [0.25, 0.3) is 33.0 Å². The standard InChI is InChI=1S/2C15H15N2O4.Cu/c2*16-11(15(20)21)7-3-4-8-17-12-13(18)9-5-1-2-6-10(9)14(12)19;/h2*1-2,5-6,11,16H,3-4,7-8H2,(H,20,21);/q2*-1;+2. The Hall–Kier alpha value is -4.16. The first kappa shape index (κ1) is 35.0. The number of benzene rings is 2. The molecule has 0 aliphatic carbocycles. The van der Waals surface area contributed by atoms with Crippen LogP contribution in [0, 0.1) is 0 Å². The largest absolute Gasteiger partial charge is 2.00 e. The molecule has 0 aromatic heterocycles. The van der Waals surface area contributed by atoms with Crippen molar-refractivity contribution in [2.24, 2.45) is 9.98 Å². The number of rotatable bonds is 12. The van der Waals surface area contributed by atoms with Gasteiger partial charge in [-0.3, -0.25) is 38.8 Å². The molecule has 0 amide bonds. The van der Waals surface area contributed by atoms with E-state index in [0.29, 0.717) is 47.2 Å². The number of carbonyl (C=O) groups is 2. The van der Waals surface area contributed by atoms with Gasteiger partial charge in [0.05, 0.1) is 0 Å². The molecule has 2 atom stereocenters. The van der Waals surface area contributed by atoms with E-state index >= 15 is 0 Å². The average Bonchev–Trinajstić information content (AvgIpc) is 3.37. The Balaban J connectivity index is 0.000000293. The molecule has 0 fully saturated rings. The molecule has 2 unspecified atom stereocenters. The second kappa shape index (κ2) is 16.5. The topological polar surface area (TPSA) is 215 Å². The first-order chi connectivity index (χ1) is 20.0. The molecule has 0 saturated heterocycles. The third-order valence-corrected chi connectivity index (χ3v) is 6.63. The van der Waals surface area contributed by atoms with Crippen LogP contribution in [0.2, 0.25) is 0 Å². The average molecular weight is 638 g/mol. The maximum Gasteiger partial charge on any atom is 2.00 e.